The topological polar surface area (TPSA) is 75.7 Å². The first kappa shape index (κ1) is 20.6. The lowest BCUT2D eigenvalue weighted by Crippen LogP contribution is -2.28. The molecule has 1 aliphatic rings. The molecular formula is C23H26N2O4. The lowest BCUT2D eigenvalue weighted by atomic mass is 10.1. The highest BCUT2D eigenvalue weighted by Crippen LogP contribution is 2.22. The van der Waals surface area contributed by atoms with Crippen molar-refractivity contribution >= 4 is 23.5 Å². The summed E-state index contributed by atoms with van der Waals surface area (Å²) < 4.78 is 5.17. The van der Waals surface area contributed by atoms with Crippen LogP contribution >= 0.6 is 0 Å². The lowest BCUT2D eigenvalue weighted by Gasteiger charge is -2.16. The SMILES string of the molecule is CCCCOC(=O)c1ccc(NC(=O)[C@H]2CC(=O)N(Cc3ccccc3)C2)cc1. The summed E-state index contributed by atoms with van der Waals surface area (Å²) in [6.07, 6.45) is 2.01. The average Bonchev–Trinajstić information content (AvgIpc) is 3.10. The van der Waals surface area contributed by atoms with Crippen LogP contribution in [0.4, 0.5) is 5.69 Å². The van der Waals surface area contributed by atoms with E-state index in [2.05, 4.69) is 5.32 Å². The summed E-state index contributed by atoms with van der Waals surface area (Å²) in [6, 6.07) is 16.3. The van der Waals surface area contributed by atoms with Crippen molar-refractivity contribution in [2.24, 2.45) is 5.92 Å². The molecule has 6 nitrogen and oxygen atoms in total. The number of hydrogen-bond donors (Lipinski definition) is 1. The second-order valence-corrected chi connectivity index (χ2v) is 7.22. The Morgan fingerprint density at radius 2 is 1.83 bits per heavy atom. The Morgan fingerprint density at radius 1 is 1.10 bits per heavy atom. The Hall–Kier alpha value is -3.15. The number of unbranched alkanes of at least 4 members (excludes halogenated alkanes) is 1. The van der Waals surface area contributed by atoms with Crippen LogP contribution in [0, 0.1) is 5.92 Å². The molecular weight excluding hydrogens is 368 g/mol. The van der Waals surface area contributed by atoms with Crippen LogP contribution in [-0.4, -0.2) is 35.8 Å². The maximum atomic E-state index is 12.6. The molecule has 0 unspecified atom stereocenters. The molecule has 152 valence electrons. The van der Waals surface area contributed by atoms with E-state index in [1.165, 1.54) is 0 Å². The molecule has 2 aromatic rings. The molecule has 1 fully saturated rings. The minimum Gasteiger partial charge on any atom is -0.462 e. The molecule has 1 heterocycles. The van der Waals surface area contributed by atoms with Gasteiger partial charge in [0.25, 0.3) is 0 Å². The number of anilines is 1. The minimum atomic E-state index is -0.384. The quantitative estimate of drug-likeness (QED) is 0.548. The number of likely N-dealkylation sites (tertiary alicyclic amines) is 1. The molecule has 1 atom stereocenters. The summed E-state index contributed by atoms with van der Waals surface area (Å²) in [5.74, 6) is -0.953. The monoisotopic (exact) mass is 394 g/mol. The van der Waals surface area contributed by atoms with E-state index < -0.39 is 0 Å². The molecule has 1 N–H and O–H groups in total. The molecule has 1 aliphatic heterocycles. The normalized spacial score (nSPS) is 16.0. The fourth-order valence-electron chi connectivity index (χ4n) is 3.23. The molecule has 29 heavy (non-hydrogen) atoms. The lowest BCUT2D eigenvalue weighted by molar-refractivity contribution is -0.128. The third-order valence-corrected chi connectivity index (χ3v) is 4.92. The van der Waals surface area contributed by atoms with Gasteiger partial charge in [-0.1, -0.05) is 43.7 Å². The summed E-state index contributed by atoms with van der Waals surface area (Å²) in [6.45, 7) is 3.35. The van der Waals surface area contributed by atoms with Crippen molar-refractivity contribution in [1.82, 2.24) is 4.90 Å². The molecule has 6 heteroatoms. The molecule has 0 aliphatic carbocycles. The zero-order valence-corrected chi connectivity index (χ0v) is 16.6. The van der Waals surface area contributed by atoms with Crippen molar-refractivity contribution < 1.29 is 19.1 Å². The van der Waals surface area contributed by atoms with Crippen molar-refractivity contribution in [3.63, 3.8) is 0 Å². The van der Waals surface area contributed by atoms with E-state index in [4.69, 9.17) is 4.74 Å². The van der Waals surface area contributed by atoms with Gasteiger partial charge in [0, 0.05) is 25.2 Å². The van der Waals surface area contributed by atoms with Gasteiger partial charge >= 0.3 is 5.97 Å². The van der Waals surface area contributed by atoms with Crippen LogP contribution in [0.3, 0.4) is 0 Å². The molecule has 2 aromatic carbocycles. The minimum absolute atomic E-state index is 0.0147. The Balaban J connectivity index is 1.52. The van der Waals surface area contributed by atoms with Gasteiger partial charge in [-0.3, -0.25) is 9.59 Å². The highest BCUT2D eigenvalue weighted by Gasteiger charge is 2.34. The van der Waals surface area contributed by atoms with E-state index in [1.54, 1.807) is 29.2 Å². The van der Waals surface area contributed by atoms with Crippen LogP contribution in [0.5, 0.6) is 0 Å². The zero-order chi connectivity index (χ0) is 20.6. The number of benzene rings is 2. The summed E-state index contributed by atoms with van der Waals surface area (Å²) >= 11 is 0. The number of hydrogen-bond acceptors (Lipinski definition) is 4. The van der Waals surface area contributed by atoms with Crippen LogP contribution in [0.2, 0.25) is 0 Å². The summed E-state index contributed by atoms with van der Waals surface area (Å²) in [4.78, 5) is 38.5. The van der Waals surface area contributed by atoms with E-state index >= 15 is 0 Å². The van der Waals surface area contributed by atoms with Gasteiger partial charge in [-0.2, -0.15) is 0 Å². The van der Waals surface area contributed by atoms with Gasteiger partial charge in [0.05, 0.1) is 18.1 Å². The maximum Gasteiger partial charge on any atom is 0.338 e. The third kappa shape index (κ3) is 5.67. The fraction of sp³-hybridized carbons (Fsp3) is 0.348. The Kier molecular flexibility index (Phi) is 7.00. The first-order valence-corrected chi connectivity index (χ1v) is 9.96. The first-order valence-electron chi connectivity index (χ1n) is 9.96. The average molecular weight is 394 g/mol. The number of carbonyl (C=O) groups excluding carboxylic acids is 3. The van der Waals surface area contributed by atoms with Crippen LogP contribution in [0.1, 0.15) is 42.1 Å². The van der Waals surface area contributed by atoms with Gasteiger partial charge in [-0.25, -0.2) is 4.79 Å². The maximum absolute atomic E-state index is 12.6. The molecule has 2 amide bonds. The smallest absolute Gasteiger partial charge is 0.338 e. The molecule has 0 aromatic heterocycles. The van der Waals surface area contributed by atoms with Gasteiger partial charge in [-0.15, -0.1) is 0 Å². The van der Waals surface area contributed by atoms with Crippen LogP contribution in [-0.2, 0) is 20.9 Å². The van der Waals surface area contributed by atoms with E-state index in [1.807, 2.05) is 37.3 Å². The number of esters is 1. The van der Waals surface area contributed by atoms with Crippen molar-refractivity contribution in [1.29, 1.82) is 0 Å². The predicted octanol–water partition coefficient (Wildman–Crippen LogP) is 3.63. The predicted molar refractivity (Wildman–Crippen MR) is 110 cm³/mol. The molecule has 0 spiro atoms. The molecule has 1 saturated heterocycles. The first-order chi connectivity index (χ1) is 14.1. The van der Waals surface area contributed by atoms with E-state index in [9.17, 15) is 14.4 Å². The van der Waals surface area contributed by atoms with Gasteiger partial charge in [0.15, 0.2) is 0 Å². The second kappa shape index (κ2) is 9.87. The molecule has 0 saturated carbocycles. The number of nitrogens with zero attached hydrogens (tertiary/aromatic N) is 1. The van der Waals surface area contributed by atoms with Crippen molar-refractivity contribution in [3.05, 3.63) is 65.7 Å². The number of ether oxygens (including phenoxy) is 1. The zero-order valence-electron chi connectivity index (χ0n) is 16.6. The second-order valence-electron chi connectivity index (χ2n) is 7.22. The van der Waals surface area contributed by atoms with Crippen LogP contribution in [0.25, 0.3) is 0 Å². The van der Waals surface area contributed by atoms with Gasteiger partial charge < -0.3 is 15.0 Å². The Morgan fingerprint density at radius 3 is 2.52 bits per heavy atom. The highest BCUT2D eigenvalue weighted by atomic mass is 16.5. The van der Waals surface area contributed by atoms with Crippen molar-refractivity contribution in [2.75, 3.05) is 18.5 Å². The van der Waals surface area contributed by atoms with E-state index in [0.29, 0.717) is 30.9 Å². The van der Waals surface area contributed by atoms with Crippen molar-refractivity contribution in [3.8, 4) is 0 Å². The van der Waals surface area contributed by atoms with Gasteiger partial charge in [0.2, 0.25) is 11.8 Å². The molecule has 0 radical (unpaired) electrons. The third-order valence-electron chi connectivity index (χ3n) is 4.92. The number of amides is 2. The summed E-state index contributed by atoms with van der Waals surface area (Å²) in [5.41, 5.74) is 2.08. The number of rotatable bonds is 8. The largest absolute Gasteiger partial charge is 0.462 e. The van der Waals surface area contributed by atoms with E-state index in [-0.39, 0.29) is 30.1 Å². The highest BCUT2D eigenvalue weighted by molar-refractivity contribution is 5.97. The standard InChI is InChI=1S/C23H26N2O4/c1-2-3-13-29-23(28)18-9-11-20(12-10-18)24-22(27)19-14-21(26)25(16-19)15-17-7-5-4-6-8-17/h4-12,19H,2-3,13-16H2,1H3,(H,24,27)/t19-/m0/s1. The fourth-order valence-corrected chi connectivity index (χ4v) is 3.23. The molecule has 0 bridgehead atoms. The van der Waals surface area contributed by atoms with Gasteiger partial charge in [0.1, 0.15) is 0 Å². The number of carbonyl (C=O) groups is 3. The Bertz CT molecular complexity index is 849. The molecule has 3 rings (SSSR count). The van der Waals surface area contributed by atoms with Crippen molar-refractivity contribution in [2.45, 2.75) is 32.7 Å². The summed E-state index contributed by atoms with van der Waals surface area (Å²) in [5, 5.41) is 2.84. The number of nitrogens with one attached hydrogen (secondary N) is 1. The van der Waals surface area contributed by atoms with Crippen LogP contribution < -0.4 is 5.32 Å². The van der Waals surface area contributed by atoms with E-state index in [0.717, 1.165) is 18.4 Å². The van der Waals surface area contributed by atoms with Crippen LogP contribution in [0.15, 0.2) is 54.6 Å². The van der Waals surface area contributed by atoms with Gasteiger partial charge in [-0.05, 0) is 36.2 Å². The Labute approximate surface area is 170 Å². The summed E-state index contributed by atoms with van der Waals surface area (Å²) in [7, 11) is 0.